The molecule has 0 fully saturated rings. The number of halogens is 1. The summed E-state index contributed by atoms with van der Waals surface area (Å²) in [7, 11) is -3.34. The molecule has 8 heteroatoms. The van der Waals surface area contributed by atoms with Gasteiger partial charge >= 0.3 is 5.97 Å². The van der Waals surface area contributed by atoms with E-state index in [1.165, 1.54) is 0 Å². The number of carboxylic acid groups (broad SMARTS) is 1. The van der Waals surface area contributed by atoms with E-state index in [0.717, 1.165) is 29.3 Å². The van der Waals surface area contributed by atoms with E-state index in [1.807, 2.05) is 0 Å². The van der Waals surface area contributed by atoms with Gasteiger partial charge in [-0.15, -0.1) is 0 Å². The number of hydrogen-bond acceptors (Lipinski definition) is 4. The number of hydrogen-bond donors (Lipinski definition) is 3. The number of carboxylic acids is 1. The second-order valence-electron chi connectivity index (χ2n) is 5.37. The average Bonchev–Trinajstić information content (AvgIpc) is 2.48. The van der Waals surface area contributed by atoms with E-state index < -0.39 is 22.0 Å². The molecule has 130 valence electrons. The van der Waals surface area contributed by atoms with Crippen molar-refractivity contribution in [3.63, 3.8) is 0 Å². The van der Waals surface area contributed by atoms with E-state index >= 15 is 0 Å². The lowest BCUT2D eigenvalue weighted by atomic mass is 10.1. The maximum absolute atomic E-state index is 12.0. The Kier molecular flexibility index (Phi) is 8.85. The quantitative estimate of drug-likeness (QED) is 0.270. The van der Waals surface area contributed by atoms with Crippen LogP contribution in [0.2, 0.25) is 0 Å². The van der Waals surface area contributed by atoms with Crippen molar-refractivity contribution < 1.29 is 18.3 Å². The molecule has 0 heterocycles. The van der Waals surface area contributed by atoms with Crippen molar-refractivity contribution in [3.8, 4) is 0 Å². The molecular formula is C15H23IN2O4S. The Bertz CT molecular complexity index is 590. The Morgan fingerprint density at radius 2 is 1.78 bits per heavy atom. The first-order valence-electron chi connectivity index (χ1n) is 7.48. The highest BCUT2D eigenvalue weighted by Crippen LogP contribution is 2.14. The fraction of sp³-hybridized carbons (Fsp3) is 0.533. The molecule has 0 aliphatic carbocycles. The summed E-state index contributed by atoms with van der Waals surface area (Å²) in [5.74, 6) is -0.947. The predicted molar refractivity (Wildman–Crippen MR) is 101 cm³/mol. The highest BCUT2D eigenvalue weighted by atomic mass is 127. The molecular weight excluding hydrogens is 431 g/mol. The summed E-state index contributed by atoms with van der Waals surface area (Å²) >= 11 is 2.31. The van der Waals surface area contributed by atoms with E-state index in [4.69, 9.17) is 10.8 Å². The first-order chi connectivity index (χ1) is 10.8. The molecule has 6 nitrogen and oxygen atoms in total. The zero-order valence-electron chi connectivity index (χ0n) is 12.9. The fourth-order valence-corrected chi connectivity index (χ4v) is 3.74. The summed E-state index contributed by atoms with van der Waals surface area (Å²) in [6, 6.07) is 5.65. The van der Waals surface area contributed by atoms with Gasteiger partial charge in [0.15, 0.2) is 0 Å². The minimum Gasteiger partial charge on any atom is -0.480 e. The van der Waals surface area contributed by atoms with Crippen LogP contribution in [-0.4, -0.2) is 35.7 Å². The van der Waals surface area contributed by atoms with Gasteiger partial charge in [-0.25, -0.2) is 8.42 Å². The summed E-state index contributed by atoms with van der Waals surface area (Å²) in [6.45, 7) is 0. The van der Waals surface area contributed by atoms with E-state index in [1.54, 1.807) is 24.3 Å². The van der Waals surface area contributed by atoms with Crippen LogP contribution >= 0.6 is 22.6 Å². The molecule has 1 rings (SSSR count). The molecule has 0 saturated carbocycles. The second kappa shape index (κ2) is 10.1. The molecule has 0 spiro atoms. The fourth-order valence-electron chi connectivity index (χ4n) is 2.02. The van der Waals surface area contributed by atoms with Crippen molar-refractivity contribution in [2.45, 2.75) is 38.1 Å². The van der Waals surface area contributed by atoms with E-state index in [9.17, 15) is 13.2 Å². The molecule has 0 bridgehead atoms. The van der Waals surface area contributed by atoms with Gasteiger partial charge in [0.25, 0.3) is 0 Å². The number of alkyl halides is 1. The molecule has 0 radical (unpaired) electrons. The van der Waals surface area contributed by atoms with Gasteiger partial charge in [-0.3, -0.25) is 9.52 Å². The second-order valence-corrected chi connectivity index (χ2v) is 8.29. The zero-order chi connectivity index (χ0) is 17.3. The Hall–Kier alpha value is -0.870. The van der Waals surface area contributed by atoms with Crippen LogP contribution in [0.4, 0.5) is 5.69 Å². The number of sulfonamides is 1. The maximum Gasteiger partial charge on any atom is 0.320 e. The smallest absolute Gasteiger partial charge is 0.320 e. The number of benzene rings is 1. The van der Waals surface area contributed by atoms with Crippen LogP contribution in [0.25, 0.3) is 0 Å². The van der Waals surface area contributed by atoms with Gasteiger partial charge in [-0.2, -0.15) is 0 Å². The molecule has 1 aromatic carbocycles. The van der Waals surface area contributed by atoms with Gasteiger partial charge in [0, 0.05) is 5.69 Å². The van der Waals surface area contributed by atoms with Crippen molar-refractivity contribution >= 4 is 44.3 Å². The molecule has 23 heavy (non-hydrogen) atoms. The number of anilines is 1. The van der Waals surface area contributed by atoms with Gasteiger partial charge in [0.1, 0.15) is 6.04 Å². The minimum atomic E-state index is -3.34. The maximum atomic E-state index is 12.0. The van der Waals surface area contributed by atoms with E-state index in [2.05, 4.69) is 27.3 Å². The van der Waals surface area contributed by atoms with Gasteiger partial charge in [0.05, 0.1) is 5.75 Å². The molecule has 1 atom stereocenters. The van der Waals surface area contributed by atoms with Crippen LogP contribution < -0.4 is 10.5 Å². The van der Waals surface area contributed by atoms with E-state index in [-0.39, 0.29) is 12.2 Å². The standard InChI is InChI=1S/C15H23IN2O4S/c16-9-3-1-2-4-10-23(21,22)18-13-7-5-12(6-8-13)11-14(17)15(19)20/h5-8,14,18H,1-4,9-11,17H2,(H,19,20)/t14-/m0/s1. The Labute approximate surface area is 151 Å². The van der Waals surface area contributed by atoms with Gasteiger partial charge < -0.3 is 10.8 Å². The molecule has 0 aromatic heterocycles. The third kappa shape index (κ3) is 8.52. The monoisotopic (exact) mass is 454 g/mol. The largest absolute Gasteiger partial charge is 0.480 e. The molecule has 0 saturated heterocycles. The normalized spacial score (nSPS) is 12.8. The average molecular weight is 454 g/mol. The molecule has 4 N–H and O–H groups in total. The molecule has 0 amide bonds. The Morgan fingerprint density at radius 3 is 2.35 bits per heavy atom. The van der Waals surface area contributed by atoms with Crippen LogP contribution in [0, 0.1) is 0 Å². The van der Waals surface area contributed by atoms with Crippen molar-refractivity contribution in [1.29, 1.82) is 0 Å². The summed E-state index contributed by atoms with van der Waals surface area (Å²) in [5, 5.41) is 8.77. The van der Waals surface area contributed by atoms with Gasteiger partial charge in [0.2, 0.25) is 10.0 Å². The van der Waals surface area contributed by atoms with Crippen LogP contribution in [0.5, 0.6) is 0 Å². The molecule has 0 aliphatic heterocycles. The predicted octanol–water partition coefficient (Wildman–Crippen LogP) is 2.38. The highest BCUT2D eigenvalue weighted by molar-refractivity contribution is 14.1. The Balaban J connectivity index is 2.48. The lowest BCUT2D eigenvalue weighted by molar-refractivity contribution is -0.138. The number of nitrogens with two attached hydrogens (primary N) is 1. The number of nitrogens with one attached hydrogen (secondary N) is 1. The van der Waals surface area contributed by atoms with Crippen LogP contribution in [-0.2, 0) is 21.2 Å². The van der Waals surface area contributed by atoms with Crippen molar-refractivity contribution in [3.05, 3.63) is 29.8 Å². The van der Waals surface area contributed by atoms with Crippen LogP contribution in [0.1, 0.15) is 31.2 Å². The lowest BCUT2D eigenvalue weighted by Gasteiger charge is -2.10. The SMILES string of the molecule is N[C@@H](Cc1ccc(NS(=O)(=O)CCCCCCI)cc1)C(=O)O. The molecule has 0 unspecified atom stereocenters. The van der Waals surface area contributed by atoms with Gasteiger partial charge in [-0.05, 0) is 41.4 Å². The van der Waals surface area contributed by atoms with Crippen LogP contribution in [0.15, 0.2) is 24.3 Å². The third-order valence-corrected chi connectivity index (χ3v) is 5.43. The number of unbranched alkanes of at least 4 members (excludes halogenated alkanes) is 3. The number of carbonyl (C=O) groups is 1. The Morgan fingerprint density at radius 1 is 1.17 bits per heavy atom. The van der Waals surface area contributed by atoms with Crippen LogP contribution in [0.3, 0.4) is 0 Å². The summed E-state index contributed by atoms with van der Waals surface area (Å²) < 4.78 is 27.6. The minimum absolute atomic E-state index is 0.111. The summed E-state index contributed by atoms with van der Waals surface area (Å²) in [6.07, 6.45) is 3.94. The van der Waals surface area contributed by atoms with Crippen molar-refractivity contribution in [2.75, 3.05) is 14.9 Å². The highest BCUT2D eigenvalue weighted by Gasteiger charge is 2.13. The third-order valence-electron chi connectivity index (χ3n) is 3.30. The van der Waals surface area contributed by atoms with Crippen molar-refractivity contribution in [2.24, 2.45) is 5.73 Å². The topological polar surface area (TPSA) is 109 Å². The van der Waals surface area contributed by atoms with Crippen molar-refractivity contribution in [1.82, 2.24) is 0 Å². The summed E-state index contributed by atoms with van der Waals surface area (Å²) in [5.41, 5.74) is 6.69. The summed E-state index contributed by atoms with van der Waals surface area (Å²) in [4.78, 5) is 10.7. The number of aliphatic carboxylic acids is 1. The molecule has 0 aliphatic rings. The first-order valence-corrected chi connectivity index (χ1v) is 10.7. The first kappa shape index (κ1) is 20.2. The van der Waals surface area contributed by atoms with Gasteiger partial charge in [-0.1, -0.05) is 47.6 Å². The zero-order valence-corrected chi connectivity index (χ0v) is 15.8. The molecule has 1 aromatic rings. The number of rotatable bonds is 11. The lowest BCUT2D eigenvalue weighted by Crippen LogP contribution is -2.32. The van der Waals surface area contributed by atoms with E-state index in [0.29, 0.717) is 12.1 Å².